The lowest BCUT2D eigenvalue weighted by atomic mass is 10.3. The molecule has 0 saturated heterocycles. The summed E-state index contributed by atoms with van der Waals surface area (Å²) in [6, 6.07) is 6.09. The van der Waals surface area contributed by atoms with E-state index in [1.54, 1.807) is 19.2 Å². The van der Waals surface area contributed by atoms with Crippen molar-refractivity contribution < 1.29 is 9.11 Å². The Hall–Kier alpha value is -0.980. The van der Waals surface area contributed by atoms with Gasteiger partial charge in [-0.2, -0.15) is 0 Å². The van der Waals surface area contributed by atoms with Crippen molar-refractivity contribution in [3.8, 4) is 5.75 Å². The number of para-hydroxylation sites is 2. The fraction of sp³-hybridized carbons (Fsp3) is 0.143. The summed E-state index contributed by atoms with van der Waals surface area (Å²) in [7, 11) is 1.56. The van der Waals surface area contributed by atoms with Crippen LogP contribution in [0.1, 0.15) is 0 Å². The Kier molecular flexibility index (Phi) is 3.99. The smallest absolute Gasteiger partial charge is 0.312 e. The van der Waals surface area contributed by atoms with Crippen LogP contribution in [-0.4, -0.2) is 15.8 Å². The number of nitro groups is 1. The lowest BCUT2D eigenvalue weighted by Gasteiger charge is -2.06. The molecule has 1 rings (SSSR count). The molecule has 0 N–H and O–H groups in total. The van der Waals surface area contributed by atoms with Crippen LogP contribution in [0, 0.1) is 10.1 Å². The lowest BCUT2D eigenvalue weighted by Crippen LogP contribution is -1.97. The summed E-state index contributed by atoms with van der Waals surface area (Å²) in [4.78, 5) is 10.0. The Labute approximate surface area is 90.2 Å². The van der Waals surface area contributed by atoms with Gasteiger partial charge in [0.15, 0.2) is 12.2 Å². The topological polar surface area (TPSA) is 55.6 Å². The van der Waals surface area contributed by atoms with E-state index in [2.05, 4.69) is 0 Å². The van der Waals surface area contributed by atoms with Crippen LogP contribution in [0.15, 0.2) is 24.3 Å². The third kappa shape index (κ3) is 3.06. The zero-order chi connectivity index (χ0) is 10.6. The predicted molar refractivity (Wildman–Crippen MR) is 54.9 cm³/mol. The molecule has 0 atom stereocenters. The van der Waals surface area contributed by atoms with Gasteiger partial charge >= 0.3 is 5.69 Å². The molecule has 0 spiro atoms. The molecule has 0 fully saturated rings. The minimum absolute atomic E-state index is 0.0847. The maximum Gasteiger partial charge on any atom is 0.312 e. The van der Waals surface area contributed by atoms with Crippen LogP contribution in [-0.2, 0) is 0 Å². The lowest BCUT2D eigenvalue weighted by molar-refractivity contribution is -0.385. The SMILES string of the molecule is CN(Cl)SOc1ccccc1[N+](=O)[O-]. The van der Waals surface area contributed by atoms with Crippen LogP contribution in [0.25, 0.3) is 0 Å². The number of nitrogens with zero attached hydrogens (tertiary/aromatic N) is 2. The Balaban J connectivity index is 2.79. The Morgan fingerprint density at radius 3 is 2.79 bits per heavy atom. The first-order valence-electron chi connectivity index (χ1n) is 3.59. The molecule has 0 amide bonds. The van der Waals surface area contributed by atoms with E-state index in [1.165, 1.54) is 16.0 Å². The second kappa shape index (κ2) is 5.04. The quantitative estimate of drug-likeness (QED) is 0.264. The molecule has 0 bridgehead atoms. The summed E-state index contributed by atoms with van der Waals surface area (Å²) >= 11 is 6.27. The molecule has 1 aromatic carbocycles. The number of hydrogen-bond donors (Lipinski definition) is 0. The molecular weight excluding hydrogens is 228 g/mol. The van der Waals surface area contributed by atoms with Crippen molar-refractivity contribution in [1.82, 2.24) is 3.82 Å². The van der Waals surface area contributed by atoms with Crippen molar-refractivity contribution in [2.45, 2.75) is 0 Å². The van der Waals surface area contributed by atoms with E-state index in [-0.39, 0.29) is 11.4 Å². The second-order valence-corrected chi connectivity index (χ2v) is 3.87. The molecule has 0 unspecified atom stereocenters. The fourth-order valence-corrected chi connectivity index (χ4v) is 1.18. The first-order chi connectivity index (χ1) is 6.61. The number of hydrogen-bond acceptors (Lipinski definition) is 5. The van der Waals surface area contributed by atoms with Gasteiger partial charge in [-0.05, 0) is 17.8 Å². The van der Waals surface area contributed by atoms with Crippen LogP contribution in [0.4, 0.5) is 5.69 Å². The number of nitro benzene ring substituents is 1. The van der Waals surface area contributed by atoms with Crippen molar-refractivity contribution in [3.63, 3.8) is 0 Å². The summed E-state index contributed by atoms with van der Waals surface area (Å²) < 4.78 is 6.21. The van der Waals surface area contributed by atoms with Gasteiger partial charge in [0, 0.05) is 13.1 Å². The zero-order valence-corrected chi connectivity index (χ0v) is 8.79. The van der Waals surface area contributed by atoms with Gasteiger partial charge in [0.25, 0.3) is 0 Å². The monoisotopic (exact) mass is 234 g/mol. The van der Waals surface area contributed by atoms with Crippen molar-refractivity contribution in [1.29, 1.82) is 0 Å². The largest absolute Gasteiger partial charge is 0.401 e. The van der Waals surface area contributed by atoms with Gasteiger partial charge in [0.1, 0.15) is 0 Å². The third-order valence-electron chi connectivity index (χ3n) is 1.29. The van der Waals surface area contributed by atoms with Gasteiger partial charge in [-0.3, -0.25) is 10.1 Å². The van der Waals surface area contributed by atoms with Gasteiger partial charge < -0.3 is 4.18 Å². The van der Waals surface area contributed by atoms with Crippen molar-refractivity contribution in [3.05, 3.63) is 34.4 Å². The number of rotatable bonds is 4. The molecule has 0 aliphatic carbocycles. The summed E-state index contributed by atoms with van der Waals surface area (Å²) in [6.07, 6.45) is 0. The highest BCUT2D eigenvalue weighted by Gasteiger charge is 2.14. The van der Waals surface area contributed by atoms with Gasteiger partial charge in [-0.15, -0.1) is 3.82 Å². The summed E-state index contributed by atoms with van der Waals surface area (Å²) in [5.74, 6) is 0.176. The highest BCUT2D eigenvalue weighted by Crippen LogP contribution is 2.29. The molecule has 7 heteroatoms. The fourth-order valence-electron chi connectivity index (χ4n) is 0.770. The van der Waals surface area contributed by atoms with E-state index in [0.29, 0.717) is 0 Å². The van der Waals surface area contributed by atoms with Crippen LogP contribution in [0.5, 0.6) is 5.75 Å². The highest BCUT2D eigenvalue weighted by molar-refractivity contribution is 7.93. The second-order valence-electron chi connectivity index (χ2n) is 2.30. The van der Waals surface area contributed by atoms with Crippen molar-refractivity contribution in [2.24, 2.45) is 0 Å². The van der Waals surface area contributed by atoms with Crippen LogP contribution < -0.4 is 4.18 Å². The molecule has 0 aromatic heterocycles. The van der Waals surface area contributed by atoms with E-state index in [4.69, 9.17) is 16.0 Å². The van der Waals surface area contributed by atoms with Crippen LogP contribution in [0.3, 0.4) is 0 Å². The summed E-state index contributed by atoms with van der Waals surface area (Å²) in [5.41, 5.74) is -0.0847. The molecule has 0 heterocycles. The van der Waals surface area contributed by atoms with E-state index >= 15 is 0 Å². The van der Waals surface area contributed by atoms with Gasteiger partial charge in [-0.1, -0.05) is 12.1 Å². The third-order valence-corrected chi connectivity index (χ3v) is 1.92. The minimum Gasteiger partial charge on any atom is -0.401 e. The van der Waals surface area contributed by atoms with Crippen molar-refractivity contribution >= 4 is 29.7 Å². The van der Waals surface area contributed by atoms with Gasteiger partial charge in [0.2, 0.25) is 5.75 Å². The van der Waals surface area contributed by atoms with E-state index in [9.17, 15) is 10.1 Å². The predicted octanol–water partition coefficient (Wildman–Crippen LogP) is 2.62. The number of benzene rings is 1. The maximum atomic E-state index is 10.5. The average molecular weight is 235 g/mol. The number of halogens is 1. The molecule has 1 aromatic rings. The van der Waals surface area contributed by atoms with Crippen LogP contribution >= 0.6 is 24.0 Å². The Bertz CT molecular complexity index is 334. The molecule has 76 valence electrons. The zero-order valence-electron chi connectivity index (χ0n) is 7.21. The maximum absolute atomic E-state index is 10.5. The molecular formula is C7H7ClN2O3S. The average Bonchev–Trinajstić information content (AvgIpc) is 2.15. The molecule has 0 aliphatic heterocycles. The Morgan fingerprint density at radius 2 is 2.21 bits per heavy atom. The summed E-state index contributed by atoms with van der Waals surface area (Å²) in [6.45, 7) is 0. The molecule has 5 nitrogen and oxygen atoms in total. The van der Waals surface area contributed by atoms with E-state index in [0.717, 1.165) is 12.2 Å². The molecule has 0 saturated carbocycles. The minimum atomic E-state index is -0.510. The van der Waals surface area contributed by atoms with E-state index in [1.807, 2.05) is 0 Å². The molecule has 0 radical (unpaired) electrons. The highest BCUT2D eigenvalue weighted by atomic mass is 35.5. The first-order valence-corrected chi connectivity index (χ1v) is 4.62. The normalized spacial score (nSPS) is 10.2. The first kappa shape index (κ1) is 11.1. The molecule has 0 aliphatic rings. The van der Waals surface area contributed by atoms with Gasteiger partial charge in [-0.25, -0.2) is 0 Å². The van der Waals surface area contributed by atoms with Crippen LogP contribution in [0.2, 0.25) is 0 Å². The standard InChI is InChI=1S/C7H7ClN2O3S/c1-9(8)14-13-7-5-3-2-4-6(7)10(11)12/h2-5H,1H3. The molecule has 14 heavy (non-hydrogen) atoms. The summed E-state index contributed by atoms with van der Waals surface area (Å²) in [5, 5.41) is 10.5. The van der Waals surface area contributed by atoms with Gasteiger partial charge in [0.05, 0.1) is 4.92 Å². The van der Waals surface area contributed by atoms with Crippen molar-refractivity contribution in [2.75, 3.05) is 7.05 Å². The Morgan fingerprint density at radius 1 is 1.57 bits per heavy atom. The van der Waals surface area contributed by atoms with E-state index < -0.39 is 4.92 Å².